The number of aromatic nitrogens is 2. The molecule has 0 bridgehead atoms. The maximum atomic E-state index is 11.0. The van der Waals surface area contributed by atoms with Crippen molar-refractivity contribution in [3.8, 4) is 5.88 Å². The summed E-state index contributed by atoms with van der Waals surface area (Å²) in [5.41, 5.74) is -0.144. The van der Waals surface area contributed by atoms with Crippen molar-refractivity contribution in [1.82, 2.24) is 9.97 Å². The molecule has 1 fully saturated rings. The van der Waals surface area contributed by atoms with Gasteiger partial charge in [0.15, 0.2) is 0 Å². The summed E-state index contributed by atoms with van der Waals surface area (Å²) in [6.45, 7) is 1.80. The number of carboxylic acid groups (broad SMARTS) is 1. The van der Waals surface area contributed by atoms with E-state index in [1.54, 1.807) is 13.0 Å². The molecule has 1 saturated carbocycles. The largest absolute Gasteiger partial charge is 0.481 e. The topological polar surface area (TPSA) is 84.3 Å². The number of ether oxygens (including phenoxy) is 1. The van der Waals surface area contributed by atoms with E-state index in [4.69, 9.17) is 9.84 Å². The molecule has 0 aliphatic heterocycles. The van der Waals surface area contributed by atoms with Gasteiger partial charge in [-0.05, 0) is 19.8 Å². The van der Waals surface area contributed by atoms with E-state index in [9.17, 15) is 4.79 Å². The molecule has 6 heteroatoms. The lowest BCUT2D eigenvalue weighted by Crippen LogP contribution is -2.32. The summed E-state index contributed by atoms with van der Waals surface area (Å²) in [5, 5.41) is 11.9. The van der Waals surface area contributed by atoms with Gasteiger partial charge in [0.2, 0.25) is 11.8 Å². The second-order valence-corrected chi connectivity index (χ2v) is 3.89. The minimum absolute atomic E-state index is 0.303. The average molecular weight is 223 g/mol. The number of carbonyl (C=O) groups is 1. The second kappa shape index (κ2) is 3.62. The Bertz CT molecular complexity index is 429. The number of rotatable bonds is 4. The number of aryl methyl sites for hydroxylation is 1. The number of nitrogens with zero attached hydrogens (tertiary/aromatic N) is 2. The number of nitrogens with one attached hydrogen (secondary N) is 1. The van der Waals surface area contributed by atoms with Crippen LogP contribution in [0.3, 0.4) is 0 Å². The van der Waals surface area contributed by atoms with Crippen LogP contribution in [0, 0.1) is 6.92 Å². The number of hydrogen-bond donors (Lipinski definition) is 2. The molecule has 1 aromatic heterocycles. The predicted molar refractivity (Wildman–Crippen MR) is 56.5 cm³/mol. The Hall–Kier alpha value is -1.85. The first-order valence-corrected chi connectivity index (χ1v) is 4.97. The van der Waals surface area contributed by atoms with E-state index in [1.165, 1.54) is 7.11 Å². The Kier molecular flexibility index (Phi) is 2.41. The zero-order valence-corrected chi connectivity index (χ0v) is 9.15. The Morgan fingerprint density at radius 2 is 2.25 bits per heavy atom. The van der Waals surface area contributed by atoms with E-state index in [2.05, 4.69) is 15.3 Å². The van der Waals surface area contributed by atoms with Crippen molar-refractivity contribution in [2.24, 2.45) is 0 Å². The van der Waals surface area contributed by atoms with Crippen LogP contribution in [0.15, 0.2) is 6.07 Å². The lowest BCUT2D eigenvalue weighted by molar-refractivity contribution is -0.138. The molecule has 1 aliphatic rings. The third-order valence-electron chi connectivity index (χ3n) is 2.55. The van der Waals surface area contributed by atoms with E-state index in [0.717, 1.165) is 5.69 Å². The fraction of sp³-hybridized carbons (Fsp3) is 0.500. The maximum Gasteiger partial charge on any atom is 0.329 e. The Morgan fingerprint density at radius 1 is 1.56 bits per heavy atom. The standard InChI is InChI=1S/C10H13N3O3/c1-6-5-7(16-2)12-9(11-6)13-10(3-4-10)8(14)15/h5H,3-4H2,1-2H3,(H,14,15)(H,11,12,13). The first-order chi connectivity index (χ1) is 7.55. The lowest BCUT2D eigenvalue weighted by atomic mass is 10.3. The van der Waals surface area contributed by atoms with Crippen LogP contribution in [-0.4, -0.2) is 33.7 Å². The summed E-state index contributed by atoms with van der Waals surface area (Å²) in [5.74, 6) is -0.135. The molecule has 16 heavy (non-hydrogen) atoms. The third-order valence-corrected chi connectivity index (χ3v) is 2.55. The molecule has 0 radical (unpaired) electrons. The van der Waals surface area contributed by atoms with Crippen LogP contribution < -0.4 is 10.1 Å². The molecule has 0 saturated heterocycles. The highest BCUT2D eigenvalue weighted by molar-refractivity contribution is 5.85. The molecule has 1 aliphatic carbocycles. The molecule has 0 spiro atoms. The highest BCUT2D eigenvalue weighted by Crippen LogP contribution is 2.38. The van der Waals surface area contributed by atoms with Crippen LogP contribution in [0.5, 0.6) is 5.88 Å². The van der Waals surface area contributed by atoms with Gasteiger partial charge in [-0.25, -0.2) is 9.78 Å². The van der Waals surface area contributed by atoms with Crippen LogP contribution in [0.4, 0.5) is 5.95 Å². The molecule has 2 rings (SSSR count). The van der Waals surface area contributed by atoms with Gasteiger partial charge < -0.3 is 15.2 Å². The molecular weight excluding hydrogens is 210 g/mol. The zero-order chi connectivity index (χ0) is 11.8. The second-order valence-electron chi connectivity index (χ2n) is 3.89. The predicted octanol–water partition coefficient (Wildman–Crippen LogP) is 0.823. The van der Waals surface area contributed by atoms with Gasteiger partial charge in [0.05, 0.1) is 7.11 Å². The van der Waals surface area contributed by atoms with Crippen molar-refractivity contribution in [2.75, 3.05) is 12.4 Å². The number of anilines is 1. The van der Waals surface area contributed by atoms with Gasteiger partial charge in [0, 0.05) is 11.8 Å². The van der Waals surface area contributed by atoms with E-state index < -0.39 is 11.5 Å². The van der Waals surface area contributed by atoms with Crippen LogP contribution in [0.1, 0.15) is 18.5 Å². The van der Waals surface area contributed by atoms with Gasteiger partial charge in [-0.3, -0.25) is 0 Å². The minimum Gasteiger partial charge on any atom is -0.481 e. The highest BCUT2D eigenvalue weighted by atomic mass is 16.5. The summed E-state index contributed by atoms with van der Waals surface area (Å²) in [6, 6.07) is 1.69. The number of aliphatic carboxylic acids is 1. The summed E-state index contributed by atoms with van der Waals surface area (Å²) >= 11 is 0. The fourth-order valence-corrected chi connectivity index (χ4v) is 1.43. The molecule has 2 N–H and O–H groups in total. The third kappa shape index (κ3) is 1.91. The molecule has 1 heterocycles. The average Bonchev–Trinajstić information content (AvgIpc) is 2.98. The molecule has 6 nitrogen and oxygen atoms in total. The quantitative estimate of drug-likeness (QED) is 0.786. The molecule has 0 unspecified atom stereocenters. The van der Waals surface area contributed by atoms with Gasteiger partial charge in [-0.15, -0.1) is 0 Å². The lowest BCUT2D eigenvalue weighted by Gasteiger charge is -2.13. The normalized spacial score (nSPS) is 16.6. The van der Waals surface area contributed by atoms with Gasteiger partial charge in [-0.1, -0.05) is 0 Å². The fourth-order valence-electron chi connectivity index (χ4n) is 1.43. The monoisotopic (exact) mass is 223 g/mol. The van der Waals surface area contributed by atoms with Crippen molar-refractivity contribution < 1.29 is 14.6 Å². The number of carboxylic acids is 1. The minimum atomic E-state index is -0.876. The highest BCUT2D eigenvalue weighted by Gasteiger charge is 2.51. The Labute approximate surface area is 92.7 Å². The van der Waals surface area contributed by atoms with Crippen molar-refractivity contribution in [1.29, 1.82) is 0 Å². The first-order valence-electron chi connectivity index (χ1n) is 4.97. The number of hydrogen-bond acceptors (Lipinski definition) is 5. The van der Waals surface area contributed by atoms with Gasteiger partial charge >= 0.3 is 5.97 Å². The summed E-state index contributed by atoms with van der Waals surface area (Å²) in [7, 11) is 1.51. The summed E-state index contributed by atoms with van der Waals surface area (Å²) in [6.07, 6.45) is 1.20. The zero-order valence-electron chi connectivity index (χ0n) is 9.15. The van der Waals surface area contributed by atoms with Gasteiger partial charge in [0.1, 0.15) is 5.54 Å². The van der Waals surface area contributed by atoms with Gasteiger partial charge in [0.25, 0.3) is 0 Å². The van der Waals surface area contributed by atoms with E-state index in [-0.39, 0.29) is 0 Å². The Morgan fingerprint density at radius 3 is 2.75 bits per heavy atom. The van der Waals surface area contributed by atoms with Crippen molar-refractivity contribution in [2.45, 2.75) is 25.3 Å². The first kappa shape index (κ1) is 10.7. The van der Waals surface area contributed by atoms with Crippen LogP contribution in [-0.2, 0) is 4.79 Å². The van der Waals surface area contributed by atoms with Crippen molar-refractivity contribution in [3.63, 3.8) is 0 Å². The van der Waals surface area contributed by atoms with Crippen molar-refractivity contribution in [3.05, 3.63) is 11.8 Å². The number of methoxy groups -OCH3 is 1. The van der Waals surface area contributed by atoms with E-state index >= 15 is 0 Å². The van der Waals surface area contributed by atoms with Crippen molar-refractivity contribution >= 4 is 11.9 Å². The summed E-state index contributed by atoms with van der Waals surface area (Å²) in [4.78, 5) is 19.2. The molecule has 0 atom stereocenters. The Balaban J connectivity index is 2.21. The van der Waals surface area contributed by atoms with Crippen LogP contribution >= 0.6 is 0 Å². The van der Waals surface area contributed by atoms with E-state index in [1.807, 2.05) is 0 Å². The van der Waals surface area contributed by atoms with Gasteiger partial charge in [-0.2, -0.15) is 4.98 Å². The van der Waals surface area contributed by atoms with E-state index in [0.29, 0.717) is 24.7 Å². The molecule has 0 amide bonds. The SMILES string of the molecule is COc1cc(C)nc(NC2(C(=O)O)CC2)n1. The molecule has 0 aromatic carbocycles. The molecule has 1 aromatic rings. The maximum absolute atomic E-state index is 11.0. The molecule has 86 valence electrons. The van der Waals surface area contributed by atoms with Crippen LogP contribution in [0.2, 0.25) is 0 Å². The molecular formula is C10H13N3O3. The smallest absolute Gasteiger partial charge is 0.329 e. The summed E-state index contributed by atoms with van der Waals surface area (Å²) < 4.78 is 4.99. The van der Waals surface area contributed by atoms with Crippen LogP contribution in [0.25, 0.3) is 0 Å².